The van der Waals surface area contributed by atoms with Crippen LogP contribution in [-0.4, -0.2) is 55.7 Å². The second-order valence-electron chi connectivity index (χ2n) is 10.1. The maximum absolute atomic E-state index is 13.1. The normalized spacial score (nSPS) is 12.4. The fourth-order valence-corrected chi connectivity index (χ4v) is 5.18. The van der Waals surface area contributed by atoms with Gasteiger partial charge in [0, 0.05) is 11.6 Å². The van der Waals surface area contributed by atoms with Gasteiger partial charge in [-0.3, -0.25) is 4.79 Å². The first-order valence-corrected chi connectivity index (χ1v) is 14.4. The summed E-state index contributed by atoms with van der Waals surface area (Å²) in [5, 5.41) is 11.2. The van der Waals surface area contributed by atoms with Gasteiger partial charge < -0.3 is 25.2 Å². The topological polar surface area (TPSA) is 136 Å². The number of nitrogens with zero attached hydrogens (tertiary/aromatic N) is 1. The van der Waals surface area contributed by atoms with Gasteiger partial charge in [-0.05, 0) is 86.8 Å². The number of amides is 2. The van der Waals surface area contributed by atoms with Crippen LogP contribution in [0.1, 0.15) is 38.0 Å². The Labute approximate surface area is 239 Å². The Morgan fingerprint density at radius 3 is 2.15 bits per heavy atom. The van der Waals surface area contributed by atoms with Gasteiger partial charge in [0.05, 0.1) is 22.4 Å². The molecule has 214 valence electrons. The first-order valence-electron chi connectivity index (χ1n) is 12.5. The summed E-state index contributed by atoms with van der Waals surface area (Å²) in [5.74, 6) is -0.314. The number of ether oxygens (including phenoxy) is 2. The van der Waals surface area contributed by atoms with E-state index in [-0.39, 0.29) is 29.5 Å². The molecule has 3 N–H and O–H groups in total. The highest BCUT2D eigenvalue weighted by Crippen LogP contribution is 2.24. The first-order chi connectivity index (χ1) is 18.7. The number of primary amides is 1. The molecule has 0 saturated heterocycles. The number of carbonyl (C=O) groups is 2. The highest BCUT2D eigenvalue weighted by Gasteiger charge is 2.25. The van der Waals surface area contributed by atoms with E-state index >= 15 is 0 Å². The van der Waals surface area contributed by atoms with Gasteiger partial charge in [-0.25, -0.2) is 13.2 Å². The predicted molar refractivity (Wildman–Crippen MR) is 151 cm³/mol. The molecule has 3 aromatic rings. The van der Waals surface area contributed by atoms with Crippen LogP contribution >= 0.6 is 11.6 Å². The van der Waals surface area contributed by atoms with Gasteiger partial charge >= 0.3 is 6.09 Å². The number of hydrogen-bond donors (Lipinski definition) is 2. The molecule has 1 unspecified atom stereocenters. The van der Waals surface area contributed by atoms with Crippen molar-refractivity contribution in [2.75, 3.05) is 19.7 Å². The molecular weight excluding hydrogens is 556 g/mol. The van der Waals surface area contributed by atoms with Gasteiger partial charge in [0.2, 0.25) is 9.84 Å². The number of nitrogens with two attached hydrogens (primary N) is 1. The van der Waals surface area contributed by atoms with E-state index < -0.39 is 33.5 Å². The number of rotatable bonds is 11. The van der Waals surface area contributed by atoms with Crippen LogP contribution in [0, 0.1) is 0 Å². The van der Waals surface area contributed by atoms with Crippen molar-refractivity contribution in [2.45, 2.75) is 48.7 Å². The minimum absolute atomic E-state index is 0.0130. The second kappa shape index (κ2) is 13.2. The van der Waals surface area contributed by atoms with Crippen molar-refractivity contribution in [3.8, 4) is 5.75 Å². The van der Waals surface area contributed by atoms with E-state index in [9.17, 15) is 23.1 Å². The molecule has 11 heteroatoms. The van der Waals surface area contributed by atoms with Crippen molar-refractivity contribution < 1.29 is 32.6 Å². The summed E-state index contributed by atoms with van der Waals surface area (Å²) in [6.07, 6.45) is -1.16. The molecule has 0 bridgehead atoms. The molecule has 0 aromatic heterocycles. The summed E-state index contributed by atoms with van der Waals surface area (Å²) in [6, 6.07) is 18.8. The summed E-state index contributed by atoms with van der Waals surface area (Å²) >= 11 is 6.05. The second-order valence-corrected chi connectivity index (χ2v) is 12.5. The lowest BCUT2D eigenvalue weighted by Crippen LogP contribution is -2.40. The average molecular weight is 589 g/mol. The van der Waals surface area contributed by atoms with Gasteiger partial charge in [-0.2, -0.15) is 0 Å². The van der Waals surface area contributed by atoms with E-state index in [1.165, 1.54) is 41.3 Å². The monoisotopic (exact) mass is 588 g/mol. The lowest BCUT2D eigenvalue weighted by molar-refractivity contribution is -0.119. The third-order valence-electron chi connectivity index (χ3n) is 5.70. The first kappa shape index (κ1) is 30.9. The van der Waals surface area contributed by atoms with E-state index in [4.69, 9.17) is 26.8 Å². The summed E-state index contributed by atoms with van der Waals surface area (Å²) in [5.41, 5.74) is 5.69. The highest BCUT2D eigenvalue weighted by atomic mass is 35.5. The SMILES string of the molecule is CC(C)(C)OC(=O)N(CCc1ccc(S(=O)(=O)c2ccc(OCC(N)=O)cc2)cc1)CC(O)c1cccc(Cl)c1. The van der Waals surface area contributed by atoms with Crippen LogP contribution in [0.3, 0.4) is 0 Å². The minimum Gasteiger partial charge on any atom is -0.484 e. The summed E-state index contributed by atoms with van der Waals surface area (Å²) in [7, 11) is -3.79. The maximum Gasteiger partial charge on any atom is 0.410 e. The number of carbonyl (C=O) groups excluding carboxylic acids is 2. The molecule has 40 heavy (non-hydrogen) atoms. The molecule has 0 aliphatic heterocycles. The molecule has 1 atom stereocenters. The smallest absolute Gasteiger partial charge is 0.410 e. The molecule has 0 aliphatic carbocycles. The van der Waals surface area contributed by atoms with E-state index in [1.807, 2.05) is 0 Å². The molecule has 3 aromatic carbocycles. The number of sulfone groups is 1. The van der Waals surface area contributed by atoms with Gasteiger partial charge in [0.1, 0.15) is 11.4 Å². The Kier molecular flexibility index (Phi) is 10.2. The number of hydrogen-bond acceptors (Lipinski definition) is 7. The maximum atomic E-state index is 13.1. The minimum atomic E-state index is -3.79. The fourth-order valence-electron chi connectivity index (χ4n) is 3.72. The summed E-state index contributed by atoms with van der Waals surface area (Å²) in [6.45, 7) is 5.19. The third kappa shape index (κ3) is 8.97. The number of benzene rings is 3. The van der Waals surface area contributed by atoms with Crippen LogP contribution in [0.4, 0.5) is 4.79 Å². The average Bonchev–Trinajstić information content (AvgIpc) is 2.89. The molecular formula is C29H33ClN2O7S. The quantitative estimate of drug-likeness (QED) is 0.335. The molecule has 0 aliphatic rings. The number of aliphatic hydroxyl groups is 1. The highest BCUT2D eigenvalue weighted by molar-refractivity contribution is 7.91. The van der Waals surface area contributed by atoms with Gasteiger partial charge in [-0.15, -0.1) is 0 Å². The molecule has 0 radical (unpaired) electrons. The van der Waals surface area contributed by atoms with Gasteiger partial charge in [0.25, 0.3) is 5.91 Å². The standard InChI is InChI=1S/C29H33ClN2O7S/c1-29(2,3)39-28(35)32(18-26(33)21-5-4-6-22(30)17-21)16-15-20-7-11-24(12-8-20)40(36,37)25-13-9-23(10-14-25)38-19-27(31)34/h4-14,17,26,33H,15-16,18-19H2,1-3H3,(H2,31,34). The zero-order valence-corrected chi connectivity index (χ0v) is 24.1. The lowest BCUT2D eigenvalue weighted by atomic mass is 10.1. The van der Waals surface area contributed by atoms with Gasteiger partial charge in [0.15, 0.2) is 6.61 Å². The zero-order valence-electron chi connectivity index (χ0n) is 22.5. The van der Waals surface area contributed by atoms with Gasteiger partial charge in [-0.1, -0.05) is 35.9 Å². The fraction of sp³-hybridized carbons (Fsp3) is 0.310. The summed E-state index contributed by atoms with van der Waals surface area (Å²) in [4.78, 5) is 25.4. The van der Waals surface area contributed by atoms with Crippen molar-refractivity contribution in [3.05, 3.63) is 88.9 Å². The van der Waals surface area contributed by atoms with E-state index in [2.05, 4.69) is 0 Å². The molecule has 9 nitrogen and oxygen atoms in total. The van der Waals surface area contributed by atoms with E-state index in [1.54, 1.807) is 57.2 Å². The van der Waals surface area contributed by atoms with Crippen molar-refractivity contribution in [2.24, 2.45) is 5.73 Å². The van der Waals surface area contributed by atoms with Crippen molar-refractivity contribution in [3.63, 3.8) is 0 Å². The number of halogens is 1. The lowest BCUT2D eigenvalue weighted by Gasteiger charge is -2.29. The molecule has 0 spiro atoms. The molecule has 0 fully saturated rings. The van der Waals surface area contributed by atoms with E-state index in [0.29, 0.717) is 22.8 Å². The Morgan fingerprint density at radius 2 is 1.60 bits per heavy atom. The summed E-state index contributed by atoms with van der Waals surface area (Å²) < 4.78 is 36.8. The van der Waals surface area contributed by atoms with Crippen molar-refractivity contribution in [1.29, 1.82) is 0 Å². The van der Waals surface area contributed by atoms with Crippen LogP contribution in [0.5, 0.6) is 5.75 Å². The molecule has 3 rings (SSSR count). The van der Waals surface area contributed by atoms with Crippen molar-refractivity contribution >= 4 is 33.4 Å². The zero-order chi connectivity index (χ0) is 29.5. The Balaban J connectivity index is 1.70. The molecule has 0 saturated carbocycles. The predicted octanol–water partition coefficient (Wildman–Crippen LogP) is 4.55. The molecule has 2 amide bonds. The van der Waals surface area contributed by atoms with Crippen LogP contribution in [-0.2, 0) is 25.8 Å². The Morgan fingerprint density at radius 1 is 1.00 bits per heavy atom. The molecule has 0 heterocycles. The van der Waals surface area contributed by atoms with E-state index in [0.717, 1.165) is 5.56 Å². The van der Waals surface area contributed by atoms with Crippen molar-refractivity contribution in [1.82, 2.24) is 4.90 Å². The van der Waals surface area contributed by atoms with Crippen LogP contribution < -0.4 is 10.5 Å². The Bertz CT molecular complexity index is 1420. The Hall–Kier alpha value is -3.60. The number of aliphatic hydroxyl groups excluding tert-OH is 1. The van der Waals surface area contributed by atoms with Crippen LogP contribution in [0.15, 0.2) is 82.6 Å². The third-order valence-corrected chi connectivity index (χ3v) is 7.72. The van der Waals surface area contributed by atoms with Crippen LogP contribution in [0.25, 0.3) is 0 Å². The van der Waals surface area contributed by atoms with Crippen LogP contribution in [0.2, 0.25) is 5.02 Å². The largest absolute Gasteiger partial charge is 0.484 e.